The number of nitrogens with zero attached hydrogens (tertiary/aromatic N) is 3. The van der Waals surface area contributed by atoms with E-state index in [-0.39, 0.29) is 19.5 Å². The SMILES string of the molecule is NC(=O)n1cc(NC(=O)N2C[C@H](F)C[C@H]2C(=O)NCc2ccncc2)c2ccccc21. The lowest BCUT2D eigenvalue weighted by Gasteiger charge is -2.23. The quantitative estimate of drug-likeness (QED) is 0.594. The Bertz CT molecular complexity index is 1130. The highest BCUT2D eigenvalue weighted by Crippen LogP contribution is 2.27. The summed E-state index contributed by atoms with van der Waals surface area (Å²) in [6, 6.07) is 8.16. The number of para-hydroxylation sites is 1. The number of nitrogens with two attached hydrogens (primary N) is 1. The van der Waals surface area contributed by atoms with Crippen LogP contribution in [0.5, 0.6) is 0 Å². The number of pyridine rings is 1. The maximum atomic E-state index is 14.1. The van der Waals surface area contributed by atoms with E-state index in [9.17, 15) is 18.8 Å². The molecule has 3 aromatic rings. The first kappa shape index (κ1) is 20.3. The molecule has 4 rings (SSSR count). The summed E-state index contributed by atoms with van der Waals surface area (Å²) in [6.45, 7) is 0.0456. The average molecular weight is 424 g/mol. The first-order chi connectivity index (χ1) is 14.9. The fourth-order valence-electron chi connectivity index (χ4n) is 3.71. The number of alkyl halides is 1. The maximum absolute atomic E-state index is 14.1. The Kier molecular flexibility index (Phi) is 5.52. The minimum absolute atomic E-state index is 0.0847. The van der Waals surface area contributed by atoms with Crippen LogP contribution >= 0.6 is 0 Å². The Balaban J connectivity index is 1.50. The van der Waals surface area contributed by atoms with Crippen LogP contribution in [0.25, 0.3) is 10.9 Å². The van der Waals surface area contributed by atoms with E-state index in [1.165, 1.54) is 15.7 Å². The van der Waals surface area contributed by atoms with Gasteiger partial charge in [-0.1, -0.05) is 18.2 Å². The van der Waals surface area contributed by atoms with Gasteiger partial charge in [0.15, 0.2) is 0 Å². The van der Waals surface area contributed by atoms with Crippen molar-refractivity contribution in [3.63, 3.8) is 0 Å². The molecule has 0 aliphatic carbocycles. The molecular weight excluding hydrogens is 403 g/mol. The van der Waals surface area contributed by atoms with Crippen LogP contribution in [0, 0.1) is 0 Å². The zero-order chi connectivity index (χ0) is 22.0. The second-order valence-electron chi connectivity index (χ2n) is 7.27. The molecule has 1 aliphatic rings. The molecule has 9 nitrogen and oxygen atoms in total. The summed E-state index contributed by atoms with van der Waals surface area (Å²) in [4.78, 5) is 42.3. The molecule has 4 N–H and O–H groups in total. The zero-order valence-electron chi connectivity index (χ0n) is 16.5. The van der Waals surface area contributed by atoms with Crippen molar-refractivity contribution in [3.8, 4) is 0 Å². The van der Waals surface area contributed by atoms with Crippen LogP contribution in [0.15, 0.2) is 55.0 Å². The van der Waals surface area contributed by atoms with Crippen molar-refractivity contribution in [2.24, 2.45) is 5.73 Å². The standard InChI is InChI=1S/C21H21FN6O3/c22-14-9-18(19(29)25-10-13-5-7-24-8-6-13)28(11-14)21(31)26-16-12-27(20(23)30)17-4-2-1-3-15(16)17/h1-8,12,14,18H,9-11H2,(H2,23,30)(H,25,29)(H,26,31)/t14-,18+/m1/s1. The Morgan fingerprint density at radius 3 is 2.65 bits per heavy atom. The molecule has 10 heteroatoms. The van der Waals surface area contributed by atoms with E-state index in [0.29, 0.717) is 16.6 Å². The molecule has 0 radical (unpaired) electrons. The monoisotopic (exact) mass is 424 g/mol. The van der Waals surface area contributed by atoms with Gasteiger partial charge in [-0.15, -0.1) is 0 Å². The lowest BCUT2D eigenvalue weighted by molar-refractivity contribution is -0.124. The van der Waals surface area contributed by atoms with Crippen LogP contribution in [0.4, 0.5) is 19.7 Å². The van der Waals surface area contributed by atoms with Gasteiger partial charge in [0.05, 0.1) is 17.7 Å². The number of nitrogens with one attached hydrogen (secondary N) is 2. The lowest BCUT2D eigenvalue weighted by Crippen LogP contribution is -2.47. The number of primary amides is 1. The molecule has 1 fully saturated rings. The minimum atomic E-state index is -1.31. The number of hydrogen-bond acceptors (Lipinski definition) is 4. The molecule has 2 atom stereocenters. The van der Waals surface area contributed by atoms with Gasteiger partial charge in [-0.2, -0.15) is 0 Å². The van der Waals surface area contributed by atoms with Gasteiger partial charge in [-0.3, -0.25) is 14.3 Å². The highest BCUT2D eigenvalue weighted by molar-refractivity contribution is 6.05. The normalized spacial score (nSPS) is 18.2. The molecule has 31 heavy (non-hydrogen) atoms. The van der Waals surface area contributed by atoms with Gasteiger partial charge in [0.1, 0.15) is 12.2 Å². The third-order valence-electron chi connectivity index (χ3n) is 5.22. The third-order valence-corrected chi connectivity index (χ3v) is 5.22. The Labute approximate surface area is 177 Å². The molecule has 1 saturated heterocycles. The third kappa shape index (κ3) is 4.18. The summed E-state index contributed by atoms with van der Waals surface area (Å²) < 4.78 is 15.3. The smallest absolute Gasteiger partial charge is 0.323 e. The average Bonchev–Trinajstić information content (AvgIpc) is 3.34. The number of carbonyl (C=O) groups is 3. The summed E-state index contributed by atoms with van der Waals surface area (Å²) in [5.74, 6) is -0.438. The van der Waals surface area contributed by atoms with Gasteiger partial charge in [-0.05, 0) is 23.8 Å². The number of aromatic nitrogens is 2. The van der Waals surface area contributed by atoms with Gasteiger partial charge in [0, 0.05) is 36.9 Å². The Morgan fingerprint density at radius 1 is 1.16 bits per heavy atom. The van der Waals surface area contributed by atoms with E-state index in [0.717, 1.165) is 5.56 Å². The number of urea groups is 1. The molecule has 4 amide bonds. The van der Waals surface area contributed by atoms with Gasteiger partial charge in [0.2, 0.25) is 5.91 Å². The summed E-state index contributed by atoms with van der Waals surface area (Å²) in [7, 11) is 0. The van der Waals surface area contributed by atoms with Gasteiger partial charge in [0.25, 0.3) is 0 Å². The fraction of sp³-hybridized carbons (Fsp3) is 0.238. The van der Waals surface area contributed by atoms with Crippen LogP contribution in [0.1, 0.15) is 12.0 Å². The molecule has 2 aromatic heterocycles. The van der Waals surface area contributed by atoms with Crippen molar-refractivity contribution in [2.45, 2.75) is 25.2 Å². The Morgan fingerprint density at radius 2 is 1.90 bits per heavy atom. The maximum Gasteiger partial charge on any atom is 0.323 e. The lowest BCUT2D eigenvalue weighted by atomic mass is 10.2. The predicted octanol–water partition coefficient (Wildman–Crippen LogP) is 2.22. The molecule has 0 bridgehead atoms. The first-order valence-corrected chi connectivity index (χ1v) is 9.72. The van der Waals surface area contributed by atoms with Crippen molar-refractivity contribution >= 4 is 34.6 Å². The van der Waals surface area contributed by atoms with Crippen molar-refractivity contribution in [2.75, 3.05) is 11.9 Å². The molecular formula is C21H21FN6O3. The van der Waals surface area contributed by atoms with E-state index < -0.39 is 30.2 Å². The summed E-state index contributed by atoms with van der Waals surface area (Å²) in [5.41, 5.74) is 7.12. The van der Waals surface area contributed by atoms with Crippen LogP contribution in [-0.4, -0.2) is 51.2 Å². The van der Waals surface area contributed by atoms with Crippen LogP contribution in [0.3, 0.4) is 0 Å². The summed E-state index contributed by atoms with van der Waals surface area (Å²) >= 11 is 0. The fourth-order valence-corrected chi connectivity index (χ4v) is 3.71. The topological polar surface area (TPSA) is 122 Å². The minimum Gasteiger partial charge on any atom is -0.351 e. The largest absolute Gasteiger partial charge is 0.351 e. The number of carbonyl (C=O) groups excluding carboxylic acids is 3. The molecule has 0 spiro atoms. The predicted molar refractivity (Wildman–Crippen MR) is 112 cm³/mol. The number of halogens is 1. The van der Waals surface area contributed by atoms with E-state index in [2.05, 4.69) is 15.6 Å². The molecule has 160 valence electrons. The van der Waals surface area contributed by atoms with Crippen LogP contribution in [-0.2, 0) is 11.3 Å². The second-order valence-corrected chi connectivity index (χ2v) is 7.27. The second kappa shape index (κ2) is 8.42. The van der Waals surface area contributed by atoms with Crippen molar-refractivity contribution < 1.29 is 18.8 Å². The zero-order valence-corrected chi connectivity index (χ0v) is 16.5. The number of rotatable bonds is 4. The number of anilines is 1. The van der Waals surface area contributed by atoms with E-state index >= 15 is 0 Å². The van der Waals surface area contributed by atoms with Gasteiger partial charge in [-0.25, -0.2) is 14.0 Å². The number of fused-ring (bicyclic) bond motifs is 1. The number of amides is 4. The first-order valence-electron chi connectivity index (χ1n) is 9.72. The highest BCUT2D eigenvalue weighted by atomic mass is 19.1. The van der Waals surface area contributed by atoms with Crippen LogP contribution in [0.2, 0.25) is 0 Å². The van der Waals surface area contributed by atoms with Crippen molar-refractivity contribution in [1.82, 2.24) is 19.8 Å². The van der Waals surface area contributed by atoms with E-state index in [4.69, 9.17) is 5.73 Å². The molecule has 3 heterocycles. The highest BCUT2D eigenvalue weighted by Gasteiger charge is 2.40. The number of hydrogen-bond donors (Lipinski definition) is 3. The molecule has 1 aliphatic heterocycles. The summed E-state index contributed by atoms with van der Waals surface area (Å²) in [5, 5.41) is 6.02. The Hall–Kier alpha value is -3.95. The van der Waals surface area contributed by atoms with Crippen molar-refractivity contribution in [1.29, 1.82) is 0 Å². The van der Waals surface area contributed by atoms with Gasteiger partial charge >= 0.3 is 12.1 Å². The van der Waals surface area contributed by atoms with E-state index in [1.54, 1.807) is 48.8 Å². The number of benzene rings is 1. The van der Waals surface area contributed by atoms with Crippen molar-refractivity contribution in [3.05, 3.63) is 60.6 Å². The van der Waals surface area contributed by atoms with E-state index in [1.807, 2.05) is 0 Å². The molecule has 1 aromatic carbocycles. The molecule has 0 unspecified atom stereocenters. The number of likely N-dealkylation sites (tertiary alicyclic amines) is 1. The van der Waals surface area contributed by atoms with Gasteiger partial charge < -0.3 is 21.3 Å². The molecule has 0 saturated carbocycles. The van der Waals surface area contributed by atoms with Crippen LogP contribution < -0.4 is 16.4 Å². The summed E-state index contributed by atoms with van der Waals surface area (Å²) in [6.07, 6.45) is 3.23.